The van der Waals surface area contributed by atoms with Gasteiger partial charge < -0.3 is 4.74 Å². The number of ether oxygens (including phenoxy) is 1. The highest BCUT2D eigenvalue weighted by Crippen LogP contribution is 2.27. The normalized spacial score (nSPS) is 23.9. The average molecular weight is 310 g/mol. The molecule has 0 bridgehead atoms. The van der Waals surface area contributed by atoms with Crippen LogP contribution in [0.3, 0.4) is 0 Å². The molecule has 0 saturated carbocycles. The lowest BCUT2D eigenvalue weighted by atomic mass is 10.1. The Hall–Kier alpha value is -1.01. The van der Waals surface area contributed by atoms with Gasteiger partial charge in [-0.1, -0.05) is 46.4 Å². The third-order valence-electron chi connectivity index (χ3n) is 3.39. The lowest BCUT2D eigenvalue weighted by molar-refractivity contribution is -0.0816. The number of morpholine rings is 1. The summed E-state index contributed by atoms with van der Waals surface area (Å²) in [5, 5.41) is 4.09. The summed E-state index contributed by atoms with van der Waals surface area (Å²) in [6.07, 6.45) is 0.296. The maximum atomic E-state index is 6.08. The molecule has 6 heteroatoms. The zero-order valence-electron chi connectivity index (χ0n) is 11.2. The van der Waals surface area contributed by atoms with Crippen molar-refractivity contribution in [3.63, 3.8) is 0 Å². The first-order valence-corrected chi connectivity index (χ1v) is 7.77. The molecule has 0 amide bonds. The van der Waals surface area contributed by atoms with E-state index in [1.165, 1.54) is 17.1 Å². The zero-order chi connectivity index (χ0) is 13.9. The van der Waals surface area contributed by atoms with Gasteiger partial charge in [0.2, 0.25) is 0 Å². The van der Waals surface area contributed by atoms with Crippen LogP contribution in [-0.4, -0.2) is 33.7 Å². The monoisotopic (exact) mass is 309 g/mol. The van der Waals surface area contributed by atoms with Crippen molar-refractivity contribution in [3.8, 4) is 0 Å². The highest BCUT2D eigenvalue weighted by atomic mass is 35.5. The van der Waals surface area contributed by atoms with E-state index in [-0.39, 0.29) is 12.2 Å². The first kappa shape index (κ1) is 13.9. The quantitative estimate of drug-likeness (QED) is 0.873. The molecule has 1 aliphatic rings. The minimum absolute atomic E-state index is 0.102. The molecule has 0 unspecified atom stereocenters. The van der Waals surface area contributed by atoms with Gasteiger partial charge in [0.25, 0.3) is 0 Å². The van der Waals surface area contributed by atoms with Gasteiger partial charge in [0.15, 0.2) is 0 Å². The maximum absolute atomic E-state index is 6.08. The lowest BCUT2D eigenvalue weighted by Crippen LogP contribution is -2.42. The van der Waals surface area contributed by atoms with Crippen molar-refractivity contribution in [2.24, 2.45) is 0 Å². The van der Waals surface area contributed by atoms with Gasteiger partial charge in [-0.05, 0) is 12.5 Å². The largest absolute Gasteiger partial charge is 0.368 e. The van der Waals surface area contributed by atoms with Crippen LogP contribution in [-0.2, 0) is 11.3 Å². The molecule has 0 spiro atoms. The van der Waals surface area contributed by atoms with Crippen LogP contribution in [0.2, 0.25) is 4.34 Å². The molecular formula is C14H16ClN3OS. The van der Waals surface area contributed by atoms with E-state index in [1.54, 1.807) is 0 Å². The number of benzene rings is 1. The summed E-state index contributed by atoms with van der Waals surface area (Å²) in [6, 6.07) is 10.3. The van der Waals surface area contributed by atoms with Crippen molar-refractivity contribution in [2.45, 2.75) is 25.7 Å². The Morgan fingerprint density at radius 1 is 1.35 bits per heavy atom. The van der Waals surface area contributed by atoms with E-state index in [0.29, 0.717) is 4.34 Å². The molecule has 2 heterocycles. The molecule has 3 rings (SSSR count). The van der Waals surface area contributed by atoms with E-state index in [0.717, 1.165) is 25.3 Å². The summed E-state index contributed by atoms with van der Waals surface area (Å²) in [7, 11) is 0. The van der Waals surface area contributed by atoms with Crippen molar-refractivity contribution in [3.05, 3.63) is 45.9 Å². The smallest absolute Gasteiger partial charge is 0.138 e. The number of nitrogens with zero attached hydrogens (tertiary/aromatic N) is 3. The second kappa shape index (κ2) is 6.18. The Bertz CT molecular complexity index is 563. The fourth-order valence-electron chi connectivity index (χ4n) is 2.52. The highest BCUT2D eigenvalue weighted by Gasteiger charge is 2.27. The van der Waals surface area contributed by atoms with Crippen LogP contribution in [0.1, 0.15) is 24.3 Å². The topological polar surface area (TPSA) is 38.2 Å². The Kier molecular flexibility index (Phi) is 4.31. The zero-order valence-corrected chi connectivity index (χ0v) is 12.8. The SMILES string of the molecule is C[C@@H]1CN(Cc2nnsc2Cl)C[C@H](c2ccccc2)O1. The van der Waals surface area contributed by atoms with E-state index in [1.807, 2.05) is 18.2 Å². The molecule has 1 fully saturated rings. The van der Waals surface area contributed by atoms with Gasteiger partial charge in [-0.3, -0.25) is 4.90 Å². The highest BCUT2D eigenvalue weighted by molar-refractivity contribution is 7.10. The molecule has 2 atom stereocenters. The molecule has 1 aromatic carbocycles. The van der Waals surface area contributed by atoms with Crippen molar-refractivity contribution in [1.29, 1.82) is 0 Å². The van der Waals surface area contributed by atoms with Gasteiger partial charge in [0, 0.05) is 31.2 Å². The molecule has 20 heavy (non-hydrogen) atoms. The maximum Gasteiger partial charge on any atom is 0.138 e. The van der Waals surface area contributed by atoms with E-state index in [9.17, 15) is 0 Å². The summed E-state index contributed by atoms with van der Waals surface area (Å²) in [6.45, 7) is 4.56. The van der Waals surface area contributed by atoms with E-state index in [4.69, 9.17) is 16.3 Å². The molecule has 0 aliphatic carbocycles. The van der Waals surface area contributed by atoms with Crippen molar-refractivity contribution in [2.75, 3.05) is 13.1 Å². The van der Waals surface area contributed by atoms with Crippen LogP contribution < -0.4 is 0 Å². The van der Waals surface area contributed by atoms with Crippen LogP contribution in [0.5, 0.6) is 0 Å². The third-order valence-corrected chi connectivity index (χ3v) is 4.37. The third kappa shape index (κ3) is 3.17. The predicted octanol–water partition coefficient (Wildman–Crippen LogP) is 3.15. The minimum atomic E-state index is 0.102. The standard InChI is InChI=1S/C14H16ClN3OS/c1-10-7-18(8-12-14(15)20-17-16-12)9-13(19-10)11-5-3-2-4-6-11/h2-6,10,13H,7-9H2,1H3/t10-,13-/m1/s1. The number of rotatable bonds is 3. The number of halogens is 1. The second-order valence-corrected chi connectivity index (χ2v) is 6.39. The van der Waals surface area contributed by atoms with Gasteiger partial charge in [-0.25, -0.2) is 0 Å². The molecule has 0 N–H and O–H groups in total. The van der Waals surface area contributed by atoms with Crippen LogP contribution in [0, 0.1) is 0 Å². The minimum Gasteiger partial charge on any atom is -0.368 e. The summed E-state index contributed by atoms with van der Waals surface area (Å²) >= 11 is 7.32. The molecule has 1 aromatic heterocycles. The Morgan fingerprint density at radius 2 is 2.15 bits per heavy atom. The van der Waals surface area contributed by atoms with E-state index < -0.39 is 0 Å². The fraction of sp³-hybridized carbons (Fsp3) is 0.429. The molecule has 106 valence electrons. The van der Waals surface area contributed by atoms with Crippen LogP contribution in [0.25, 0.3) is 0 Å². The van der Waals surface area contributed by atoms with E-state index >= 15 is 0 Å². The van der Waals surface area contributed by atoms with Crippen molar-refractivity contribution < 1.29 is 4.74 Å². The van der Waals surface area contributed by atoms with Gasteiger partial charge in [-0.15, -0.1) is 5.10 Å². The van der Waals surface area contributed by atoms with Crippen LogP contribution in [0.4, 0.5) is 0 Å². The van der Waals surface area contributed by atoms with Gasteiger partial charge >= 0.3 is 0 Å². The molecule has 1 saturated heterocycles. The summed E-state index contributed by atoms with van der Waals surface area (Å²) in [4.78, 5) is 2.33. The van der Waals surface area contributed by atoms with E-state index in [2.05, 4.69) is 33.5 Å². The molecule has 0 radical (unpaired) electrons. The average Bonchev–Trinajstić information content (AvgIpc) is 2.85. The summed E-state index contributed by atoms with van der Waals surface area (Å²) < 4.78 is 10.6. The summed E-state index contributed by atoms with van der Waals surface area (Å²) in [5.74, 6) is 0. The van der Waals surface area contributed by atoms with Gasteiger partial charge in [-0.2, -0.15) is 0 Å². The number of aromatic nitrogens is 2. The predicted molar refractivity (Wildman–Crippen MR) is 79.9 cm³/mol. The Balaban J connectivity index is 1.72. The molecule has 2 aromatic rings. The molecule has 1 aliphatic heterocycles. The molecule has 4 nitrogen and oxygen atoms in total. The van der Waals surface area contributed by atoms with Gasteiger partial charge in [0.05, 0.1) is 12.2 Å². The van der Waals surface area contributed by atoms with Crippen molar-refractivity contribution in [1.82, 2.24) is 14.5 Å². The lowest BCUT2D eigenvalue weighted by Gasteiger charge is -2.36. The van der Waals surface area contributed by atoms with Crippen molar-refractivity contribution >= 4 is 23.1 Å². The van der Waals surface area contributed by atoms with Gasteiger partial charge in [0.1, 0.15) is 10.0 Å². The van der Waals surface area contributed by atoms with Crippen LogP contribution in [0.15, 0.2) is 30.3 Å². The number of hydrogen-bond acceptors (Lipinski definition) is 5. The summed E-state index contributed by atoms with van der Waals surface area (Å²) in [5.41, 5.74) is 2.07. The Labute approximate surface area is 127 Å². The number of hydrogen-bond donors (Lipinski definition) is 0. The first-order valence-electron chi connectivity index (χ1n) is 6.62. The fourth-order valence-corrected chi connectivity index (χ4v) is 3.13. The second-order valence-electron chi connectivity index (χ2n) is 5.03. The molecular weight excluding hydrogens is 294 g/mol. The van der Waals surface area contributed by atoms with Crippen LogP contribution >= 0.6 is 23.1 Å². The first-order chi connectivity index (χ1) is 9.72. The Morgan fingerprint density at radius 3 is 2.85 bits per heavy atom.